The van der Waals surface area contributed by atoms with Crippen LogP contribution >= 0.6 is 22.6 Å². The lowest BCUT2D eigenvalue weighted by Crippen LogP contribution is -2.53. The van der Waals surface area contributed by atoms with Gasteiger partial charge in [0.05, 0.1) is 11.2 Å². The number of aromatic nitrogens is 2. The van der Waals surface area contributed by atoms with Crippen LogP contribution in [0.3, 0.4) is 0 Å². The highest BCUT2D eigenvalue weighted by Gasteiger charge is 2.40. The Morgan fingerprint density at radius 2 is 1.92 bits per heavy atom. The number of aliphatic imine (C=N–C) groups is 1. The monoisotopic (exact) mass is 618 g/mol. The van der Waals surface area contributed by atoms with E-state index >= 15 is 0 Å². The minimum Gasteiger partial charge on any atom is -0.490 e. The first-order chi connectivity index (χ1) is 17.8. The van der Waals surface area contributed by atoms with Crippen LogP contribution in [0.4, 0.5) is 11.6 Å². The lowest BCUT2D eigenvalue weighted by Gasteiger charge is -2.38. The number of carbonyl (C=O) groups is 2. The summed E-state index contributed by atoms with van der Waals surface area (Å²) in [6.07, 6.45) is 4.33. The van der Waals surface area contributed by atoms with Crippen molar-refractivity contribution in [3.05, 3.63) is 53.9 Å². The number of alkyl halides is 1. The van der Waals surface area contributed by atoms with Crippen molar-refractivity contribution in [3.63, 3.8) is 0 Å². The zero-order valence-electron chi connectivity index (χ0n) is 20.5. The Balaban J connectivity index is 1.28. The summed E-state index contributed by atoms with van der Waals surface area (Å²) in [5.41, 5.74) is 13.0. The van der Waals surface area contributed by atoms with Crippen molar-refractivity contribution in [2.75, 3.05) is 37.7 Å². The van der Waals surface area contributed by atoms with Gasteiger partial charge in [0, 0.05) is 30.5 Å². The largest absolute Gasteiger partial charge is 0.490 e. The number of likely N-dealkylation sites (tertiary alicyclic amines) is 1. The molecule has 12 heteroatoms. The fourth-order valence-electron chi connectivity index (χ4n) is 4.37. The predicted molar refractivity (Wildman–Crippen MR) is 150 cm³/mol. The Labute approximate surface area is 229 Å². The Morgan fingerprint density at radius 1 is 1.19 bits per heavy atom. The smallest absolute Gasteiger partial charge is 0.302 e. The zero-order chi connectivity index (χ0) is 26.4. The van der Waals surface area contributed by atoms with Crippen LogP contribution < -0.4 is 26.8 Å². The third-order valence-corrected chi connectivity index (χ3v) is 7.26. The first-order valence-electron chi connectivity index (χ1n) is 12.1. The van der Waals surface area contributed by atoms with E-state index in [2.05, 4.69) is 54.8 Å². The molecule has 1 spiro atoms. The van der Waals surface area contributed by atoms with E-state index in [1.165, 1.54) is 0 Å². The summed E-state index contributed by atoms with van der Waals surface area (Å²) >= 11 is 2.09. The number of amides is 2. The third-order valence-electron chi connectivity index (χ3n) is 6.54. The maximum absolute atomic E-state index is 12.8. The molecule has 196 valence electrons. The SMILES string of the molecule is C=CCOc1ccc(CCC(=O)N2CCC3(CC2)CN/C(=N\C(=O)c2nc(CI)c(N)nc2N)N3)cc1. The number of rotatable bonds is 8. The van der Waals surface area contributed by atoms with Gasteiger partial charge in [-0.1, -0.05) is 47.4 Å². The van der Waals surface area contributed by atoms with Gasteiger partial charge in [-0.05, 0) is 37.0 Å². The van der Waals surface area contributed by atoms with E-state index in [-0.39, 0.29) is 28.8 Å². The molecule has 0 unspecified atom stereocenters. The molecule has 2 saturated heterocycles. The van der Waals surface area contributed by atoms with Gasteiger partial charge in [0.2, 0.25) is 5.91 Å². The molecule has 2 fully saturated rings. The molecule has 4 rings (SSSR count). The highest BCUT2D eigenvalue weighted by Crippen LogP contribution is 2.25. The van der Waals surface area contributed by atoms with Gasteiger partial charge in [-0.3, -0.25) is 9.59 Å². The van der Waals surface area contributed by atoms with Gasteiger partial charge in [0.25, 0.3) is 0 Å². The standard InChI is InChI=1S/C25H31IN8O3/c1-2-13-37-17-6-3-16(4-7-17)5-8-19(35)34-11-9-25(10-12-34)15-29-24(33-25)32-23(36)20-22(28)31-21(27)18(14-26)30-20/h2-4,6-7H,1,5,8-15H2,(H4,27,28,31)(H2,29,32,33,36). The number of carbonyl (C=O) groups excluding carboxylic acids is 2. The number of ether oxygens (including phenoxy) is 1. The number of anilines is 2. The molecule has 2 aliphatic rings. The molecule has 2 amide bonds. The second-order valence-electron chi connectivity index (χ2n) is 9.07. The van der Waals surface area contributed by atoms with Crippen LogP contribution in [0.1, 0.15) is 41.0 Å². The lowest BCUT2D eigenvalue weighted by atomic mass is 9.88. The molecule has 11 nitrogen and oxygen atoms in total. The van der Waals surface area contributed by atoms with Crippen molar-refractivity contribution >= 4 is 52.0 Å². The van der Waals surface area contributed by atoms with Crippen LogP contribution in [0.2, 0.25) is 0 Å². The second kappa shape index (κ2) is 11.8. The van der Waals surface area contributed by atoms with Crippen LogP contribution in [-0.4, -0.2) is 64.4 Å². The van der Waals surface area contributed by atoms with Crippen molar-refractivity contribution in [3.8, 4) is 5.75 Å². The number of benzene rings is 1. The molecule has 1 aromatic heterocycles. The van der Waals surface area contributed by atoms with Crippen molar-refractivity contribution in [2.24, 2.45) is 4.99 Å². The number of guanidine groups is 1. The van der Waals surface area contributed by atoms with Gasteiger partial charge in [-0.15, -0.1) is 0 Å². The van der Waals surface area contributed by atoms with Crippen LogP contribution in [0.15, 0.2) is 41.9 Å². The maximum Gasteiger partial charge on any atom is 0.302 e. The normalized spacial score (nSPS) is 17.3. The number of nitrogens with two attached hydrogens (primary N) is 2. The summed E-state index contributed by atoms with van der Waals surface area (Å²) in [5.74, 6) is 0.877. The number of nitrogens with one attached hydrogen (secondary N) is 2. The van der Waals surface area contributed by atoms with Crippen LogP contribution in [-0.2, 0) is 15.6 Å². The molecule has 0 radical (unpaired) electrons. The first kappa shape index (κ1) is 26.6. The van der Waals surface area contributed by atoms with Crippen LogP contribution in [0.5, 0.6) is 5.75 Å². The van der Waals surface area contributed by atoms with Crippen LogP contribution in [0, 0.1) is 0 Å². The van der Waals surface area contributed by atoms with Gasteiger partial charge in [0.1, 0.15) is 18.2 Å². The topological polar surface area (TPSA) is 161 Å². The average molecular weight is 618 g/mol. The predicted octanol–water partition coefficient (Wildman–Crippen LogP) is 1.82. The fourth-order valence-corrected chi connectivity index (χ4v) is 4.93. The summed E-state index contributed by atoms with van der Waals surface area (Å²) in [6.45, 7) is 6.00. The average Bonchev–Trinajstić information content (AvgIpc) is 3.28. The maximum atomic E-state index is 12.8. The molecule has 37 heavy (non-hydrogen) atoms. The van der Waals surface area contributed by atoms with E-state index in [0.717, 1.165) is 24.2 Å². The number of piperidine rings is 1. The molecule has 2 aromatic rings. The van der Waals surface area contributed by atoms with Gasteiger partial charge in [-0.2, -0.15) is 4.99 Å². The van der Waals surface area contributed by atoms with Gasteiger partial charge in [0.15, 0.2) is 17.5 Å². The number of halogens is 1. The fraction of sp³-hybridized carbons (Fsp3) is 0.400. The molecular formula is C25H31IN8O3. The quantitative estimate of drug-likeness (QED) is 0.197. The summed E-state index contributed by atoms with van der Waals surface area (Å²) < 4.78 is 6.00. The zero-order valence-corrected chi connectivity index (χ0v) is 22.7. The first-order valence-corrected chi connectivity index (χ1v) is 13.6. The Hall–Kier alpha value is -3.42. The molecule has 6 N–H and O–H groups in total. The number of nitrogens with zero attached hydrogens (tertiary/aromatic N) is 4. The van der Waals surface area contributed by atoms with Crippen molar-refractivity contribution in [1.29, 1.82) is 0 Å². The summed E-state index contributed by atoms with van der Waals surface area (Å²) in [6, 6.07) is 7.79. The molecule has 0 aliphatic carbocycles. The van der Waals surface area contributed by atoms with Gasteiger partial charge >= 0.3 is 5.91 Å². The third kappa shape index (κ3) is 6.48. The Morgan fingerprint density at radius 3 is 2.59 bits per heavy atom. The summed E-state index contributed by atoms with van der Waals surface area (Å²) in [4.78, 5) is 39.8. The van der Waals surface area contributed by atoms with E-state index in [1.807, 2.05) is 29.2 Å². The van der Waals surface area contributed by atoms with E-state index in [1.54, 1.807) is 6.08 Å². The number of hydrogen-bond acceptors (Lipinski definition) is 7. The highest BCUT2D eigenvalue weighted by atomic mass is 127. The van der Waals surface area contributed by atoms with E-state index in [9.17, 15) is 9.59 Å². The Kier molecular flexibility index (Phi) is 8.46. The highest BCUT2D eigenvalue weighted by molar-refractivity contribution is 14.1. The molecular weight excluding hydrogens is 587 g/mol. The molecule has 1 aromatic carbocycles. The Bertz CT molecular complexity index is 1190. The molecule has 0 atom stereocenters. The van der Waals surface area contributed by atoms with Crippen LogP contribution in [0.25, 0.3) is 0 Å². The minimum atomic E-state index is -0.587. The molecule has 3 heterocycles. The van der Waals surface area contributed by atoms with E-state index in [0.29, 0.717) is 55.2 Å². The molecule has 2 aliphatic heterocycles. The van der Waals surface area contributed by atoms with Crippen molar-refractivity contribution in [2.45, 2.75) is 35.6 Å². The molecule has 0 bridgehead atoms. The van der Waals surface area contributed by atoms with Crippen molar-refractivity contribution < 1.29 is 14.3 Å². The lowest BCUT2D eigenvalue weighted by molar-refractivity contribution is -0.132. The van der Waals surface area contributed by atoms with Gasteiger partial charge in [-0.25, -0.2) is 9.97 Å². The number of hydrogen-bond donors (Lipinski definition) is 4. The minimum absolute atomic E-state index is 0.0164. The summed E-state index contributed by atoms with van der Waals surface area (Å²) in [7, 11) is 0. The number of nitrogen functional groups attached to an aromatic ring is 2. The van der Waals surface area contributed by atoms with E-state index < -0.39 is 5.91 Å². The summed E-state index contributed by atoms with van der Waals surface area (Å²) in [5, 5.41) is 6.52. The van der Waals surface area contributed by atoms with E-state index in [4.69, 9.17) is 16.2 Å². The number of aryl methyl sites for hydroxylation is 1. The molecule has 0 saturated carbocycles. The van der Waals surface area contributed by atoms with Gasteiger partial charge < -0.3 is 31.7 Å². The van der Waals surface area contributed by atoms with Crippen molar-refractivity contribution in [1.82, 2.24) is 25.5 Å². The second-order valence-corrected chi connectivity index (χ2v) is 9.83.